The molecule has 0 saturated heterocycles. The molecule has 1 heterocycles. The largest absolute Gasteiger partial charge is 0.497 e. The van der Waals surface area contributed by atoms with Gasteiger partial charge in [0.25, 0.3) is 5.91 Å². The van der Waals surface area contributed by atoms with Crippen molar-refractivity contribution in [2.45, 2.75) is 0 Å². The number of hydrogen-bond acceptors (Lipinski definition) is 7. The number of halogens is 1. The van der Waals surface area contributed by atoms with Crippen molar-refractivity contribution in [1.82, 2.24) is 10.4 Å². The molecule has 3 rings (SSSR count). The fraction of sp³-hybridized carbons (Fsp3) is 0.0556. The molecule has 1 aromatic heterocycles. The highest BCUT2D eigenvalue weighted by atomic mass is 35.5. The maximum absolute atomic E-state index is 12.0. The highest BCUT2D eigenvalue weighted by molar-refractivity contribution is 7.17. The van der Waals surface area contributed by atoms with Crippen LogP contribution in [0.5, 0.6) is 5.75 Å². The van der Waals surface area contributed by atoms with E-state index in [0.29, 0.717) is 26.4 Å². The molecule has 138 valence electrons. The molecular weight excluding hydrogens is 386 g/mol. The number of rotatable bonds is 6. The van der Waals surface area contributed by atoms with Crippen LogP contribution >= 0.6 is 22.9 Å². The summed E-state index contributed by atoms with van der Waals surface area (Å²) >= 11 is 7.44. The van der Waals surface area contributed by atoms with Gasteiger partial charge in [-0.2, -0.15) is 5.10 Å². The van der Waals surface area contributed by atoms with Gasteiger partial charge in [-0.15, -0.1) is 0 Å². The Morgan fingerprint density at radius 2 is 1.93 bits per heavy atom. The molecule has 9 heteroatoms. The molecule has 27 heavy (non-hydrogen) atoms. The zero-order chi connectivity index (χ0) is 19.2. The number of methoxy groups -OCH3 is 1. The SMILES string of the molecule is COc1ccc(Nc2nc(Cl)c(/C=N/NC(=O)c3ccc(N)cc3)s2)cc1. The van der Waals surface area contributed by atoms with Crippen LogP contribution in [0.2, 0.25) is 5.15 Å². The molecule has 0 aliphatic carbocycles. The Bertz CT molecular complexity index is 955. The molecule has 1 amide bonds. The molecule has 7 nitrogen and oxygen atoms in total. The first kappa shape index (κ1) is 18.7. The second-order valence-corrected chi connectivity index (χ2v) is 6.74. The van der Waals surface area contributed by atoms with Crippen molar-refractivity contribution in [2.24, 2.45) is 5.10 Å². The molecule has 0 saturated carbocycles. The number of nitrogens with zero attached hydrogens (tertiary/aromatic N) is 2. The van der Waals surface area contributed by atoms with Gasteiger partial charge in [-0.1, -0.05) is 22.9 Å². The third-order valence-corrected chi connectivity index (χ3v) is 4.78. The van der Waals surface area contributed by atoms with Crippen LogP contribution in [-0.4, -0.2) is 24.2 Å². The minimum Gasteiger partial charge on any atom is -0.497 e. The van der Waals surface area contributed by atoms with Gasteiger partial charge in [0.05, 0.1) is 18.2 Å². The van der Waals surface area contributed by atoms with E-state index >= 15 is 0 Å². The number of hydrazone groups is 1. The van der Waals surface area contributed by atoms with Crippen molar-refractivity contribution in [1.29, 1.82) is 0 Å². The second-order valence-electron chi connectivity index (χ2n) is 5.35. The number of amides is 1. The minimum atomic E-state index is -0.344. The van der Waals surface area contributed by atoms with E-state index in [2.05, 4.69) is 20.8 Å². The van der Waals surface area contributed by atoms with Gasteiger partial charge in [0, 0.05) is 16.9 Å². The Kier molecular flexibility index (Phi) is 5.90. The minimum absolute atomic E-state index is 0.293. The van der Waals surface area contributed by atoms with Gasteiger partial charge >= 0.3 is 0 Å². The lowest BCUT2D eigenvalue weighted by Gasteiger charge is -2.03. The first-order valence-corrected chi connectivity index (χ1v) is 9.01. The average Bonchev–Trinajstić information content (AvgIpc) is 3.02. The van der Waals surface area contributed by atoms with Crippen LogP contribution in [0.15, 0.2) is 53.6 Å². The highest BCUT2D eigenvalue weighted by Crippen LogP contribution is 2.28. The van der Waals surface area contributed by atoms with Crippen molar-refractivity contribution >= 4 is 51.6 Å². The molecule has 3 aromatic rings. The Morgan fingerprint density at radius 3 is 2.59 bits per heavy atom. The summed E-state index contributed by atoms with van der Waals surface area (Å²) in [6.07, 6.45) is 1.45. The maximum atomic E-state index is 12.0. The molecule has 0 aliphatic rings. The highest BCUT2D eigenvalue weighted by Gasteiger charge is 2.09. The van der Waals surface area contributed by atoms with E-state index in [0.717, 1.165) is 11.4 Å². The quantitative estimate of drug-likeness (QED) is 0.330. The summed E-state index contributed by atoms with van der Waals surface area (Å²) in [5.74, 6) is 0.422. The predicted octanol–water partition coefficient (Wildman–Crippen LogP) is 3.89. The van der Waals surface area contributed by atoms with Gasteiger partial charge < -0.3 is 15.8 Å². The van der Waals surface area contributed by atoms with Crippen LogP contribution in [-0.2, 0) is 0 Å². The summed E-state index contributed by atoms with van der Waals surface area (Å²) in [6, 6.07) is 14.0. The number of anilines is 3. The first-order chi connectivity index (χ1) is 13.0. The molecular formula is C18H16ClN5O2S. The molecule has 0 atom stereocenters. The fourth-order valence-electron chi connectivity index (χ4n) is 2.09. The van der Waals surface area contributed by atoms with E-state index in [-0.39, 0.29) is 5.91 Å². The Morgan fingerprint density at radius 1 is 1.22 bits per heavy atom. The normalized spacial score (nSPS) is 10.7. The smallest absolute Gasteiger partial charge is 0.271 e. The molecule has 0 spiro atoms. The third-order valence-electron chi connectivity index (χ3n) is 3.47. The van der Waals surface area contributed by atoms with E-state index in [1.54, 1.807) is 31.4 Å². The molecule has 2 aromatic carbocycles. The van der Waals surface area contributed by atoms with Crippen molar-refractivity contribution in [3.8, 4) is 5.75 Å². The predicted molar refractivity (Wildman–Crippen MR) is 109 cm³/mol. The lowest BCUT2D eigenvalue weighted by Crippen LogP contribution is -2.17. The lowest BCUT2D eigenvalue weighted by molar-refractivity contribution is 0.0955. The second kappa shape index (κ2) is 8.52. The number of carbonyl (C=O) groups excluding carboxylic acids is 1. The summed E-state index contributed by atoms with van der Waals surface area (Å²) < 4.78 is 5.12. The van der Waals surface area contributed by atoms with Gasteiger partial charge in [0.2, 0.25) is 0 Å². The van der Waals surface area contributed by atoms with Crippen LogP contribution in [0.3, 0.4) is 0 Å². The monoisotopic (exact) mass is 401 g/mol. The van der Waals surface area contributed by atoms with Crippen molar-refractivity contribution in [2.75, 3.05) is 18.2 Å². The van der Waals surface area contributed by atoms with E-state index in [1.807, 2.05) is 24.3 Å². The van der Waals surface area contributed by atoms with E-state index in [4.69, 9.17) is 22.1 Å². The first-order valence-electron chi connectivity index (χ1n) is 7.81. The van der Waals surface area contributed by atoms with E-state index in [1.165, 1.54) is 17.6 Å². The standard InChI is InChI=1S/C18H16ClN5O2S/c1-26-14-8-6-13(7-9-14)22-18-23-16(19)15(27-18)10-21-24-17(25)11-2-4-12(20)5-3-11/h2-10H,20H2,1H3,(H,22,23)(H,24,25)/b21-10+. The summed E-state index contributed by atoms with van der Waals surface area (Å²) in [5, 5.41) is 7.98. The number of carbonyl (C=O) groups is 1. The van der Waals surface area contributed by atoms with Crippen LogP contribution in [0, 0.1) is 0 Å². The van der Waals surface area contributed by atoms with Crippen molar-refractivity contribution < 1.29 is 9.53 Å². The molecule has 0 bridgehead atoms. The fourth-order valence-corrected chi connectivity index (χ4v) is 3.14. The number of aromatic nitrogens is 1. The average molecular weight is 402 g/mol. The van der Waals surface area contributed by atoms with Gasteiger partial charge in [-0.05, 0) is 48.5 Å². The molecule has 0 fully saturated rings. The van der Waals surface area contributed by atoms with Gasteiger partial charge in [0.1, 0.15) is 5.75 Å². The molecule has 0 unspecified atom stereocenters. The molecule has 0 aliphatic heterocycles. The molecule has 0 radical (unpaired) electrons. The van der Waals surface area contributed by atoms with Crippen molar-refractivity contribution in [3.05, 3.63) is 64.1 Å². The molecule has 4 N–H and O–H groups in total. The number of thiazole rings is 1. The number of nitrogens with one attached hydrogen (secondary N) is 2. The number of hydrogen-bond donors (Lipinski definition) is 3. The summed E-state index contributed by atoms with van der Waals surface area (Å²) in [7, 11) is 1.61. The van der Waals surface area contributed by atoms with Crippen LogP contribution in [0.4, 0.5) is 16.5 Å². The third kappa shape index (κ3) is 4.96. The zero-order valence-corrected chi connectivity index (χ0v) is 15.8. The van der Waals surface area contributed by atoms with Gasteiger partial charge in [-0.25, -0.2) is 10.4 Å². The van der Waals surface area contributed by atoms with Crippen LogP contribution < -0.4 is 21.2 Å². The van der Waals surface area contributed by atoms with Crippen LogP contribution in [0.1, 0.15) is 15.2 Å². The number of benzene rings is 2. The number of nitrogen functional groups attached to an aromatic ring is 1. The van der Waals surface area contributed by atoms with Crippen LogP contribution in [0.25, 0.3) is 0 Å². The summed E-state index contributed by atoms with van der Waals surface area (Å²) in [4.78, 5) is 16.9. The zero-order valence-electron chi connectivity index (χ0n) is 14.3. The Hall–Kier alpha value is -3.10. The van der Waals surface area contributed by atoms with Gasteiger partial charge in [-0.3, -0.25) is 4.79 Å². The topological polar surface area (TPSA) is 102 Å². The van der Waals surface area contributed by atoms with Crippen molar-refractivity contribution in [3.63, 3.8) is 0 Å². The van der Waals surface area contributed by atoms with Gasteiger partial charge in [0.15, 0.2) is 10.3 Å². The summed E-state index contributed by atoms with van der Waals surface area (Å²) in [6.45, 7) is 0. The Balaban J connectivity index is 1.62. The number of nitrogens with two attached hydrogens (primary N) is 1. The lowest BCUT2D eigenvalue weighted by atomic mass is 10.2. The Labute approximate surface area is 164 Å². The summed E-state index contributed by atoms with van der Waals surface area (Å²) in [5.41, 5.74) is 9.93. The maximum Gasteiger partial charge on any atom is 0.271 e. The van der Waals surface area contributed by atoms with E-state index < -0.39 is 0 Å². The number of ether oxygens (including phenoxy) is 1. The van der Waals surface area contributed by atoms with E-state index in [9.17, 15) is 4.79 Å².